The fourth-order valence-electron chi connectivity index (χ4n) is 2.33. The van der Waals surface area contributed by atoms with E-state index in [2.05, 4.69) is 0 Å². The molecule has 0 amide bonds. The zero-order chi connectivity index (χ0) is 15.4. The second-order valence-electron chi connectivity index (χ2n) is 4.69. The Bertz CT molecular complexity index is 466. The minimum atomic E-state index is -0.343. The van der Waals surface area contributed by atoms with Gasteiger partial charge in [0.15, 0.2) is 0 Å². The lowest BCUT2D eigenvalue weighted by molar-refractivity contribution is 0.0508. The third-order valence-corrected chi connectivity index (χ3v) is 3.58. The normalized spacial score (nSPS) is 10.3. The second kappa shape index (κ2) is 6.55. The maximum absolute atomic E-state index is 12.1. The van der Waals surface area contributed by atoms with Crippen molar-refractivity contribution in [2.24, 2.45) is 0 Å². The molecule has 0 radical (unpaired) electrons. The fourth-order valence-corrected chi connectivity index (χ4v) is 2.33. The van der Waals surface area contributed by atoms with Crippen LogP contribution in [0.5, 0.6) is 0 Å². The molecule has 0 aromatic heterocycles. The second-order valence-corrected chi connectivity index (χ2v) is 4.69. The Morgan fingerprint density at radius 3 is 1.15 bits per heavy atom. The molecule has 0 bridgehead atoms. The van der Waals surface area contributed by atoms with Gasteiger partial charge in [-0.2, -0.15) is 0 Å². The molecule has 4 heteroatoms. The average molecular weight is 278 g/mol. The predicted molar refractivity (Wildman–Crippen MR) is 77.3 cm³/mol. The van der Waals surface area contributed by atoms with Gasteiger partial charge in [0.2, 0.25) is 0 Å². The highest BCUT2D eigenvalue weighted by Gasteiger charge is 2.24. The highest BCUT2D eigenvalue weighted by atomic mass is 16.5. The van der Waals surface area contributed by atoms with E-state index >= 15 is 0 Å². The maximum Gasteiger partial charge on any atom is 0.338 e. The Balaban J connectivity index is 3.49. The van der Waals surface area contributed by atoms with Gasteiger partial charge >= 0.3 is 11.9 Å². The summed E-state index contributed by atoms with van der Waals surface area (Å²) in [5.41, 5.74) is 4.19. The van der Waals surface area contributed by atoms with Crippen molar-refractivity contribution < 1.29 is 19.1 Å². The zero-order valence-corrected chi connectivity index (χ0v) is 13.0. The minimum absolute atomic E-state index is 0.329. The first kappa shape index (κ1) is 16.2. The van der Waals surface area contributed by atoms with E-state index in [1.807, 2.05) is 27.7 Å². The smallest absolute Gasteiger partial charge is 0.338 e. The molecular formula is C16H22O4. The molecule has 0 spiro atoms. The number of esters is 2. The van der Waals surface area contributed by atoms with Crippen molar-refractivity contribution in [1.29, 1.82) is 0 Å². The summed E-state index contributed by atoms with van der Waals surface area (Å²) >= 11 is 0. The van der Waals surface area contributed by atoms with Gasteiger partial charge < -0.3 is 9.47 Å². The van der Waals surface area contributed by atoms with Gasteiger partial charge in [-0.25, -0.2) is 9.59 Å². The van der Waals surface area contributed by atoms with Gasteiger partial charge in [0, 0.05) is 0 Å². The molecule has 1 aromatic rings. The Kier molecular flexibility index (Phi) is 5.31. The van der Waals surface area contributed by atoms with Gasteiger partial charge in [-0.05, 0) is 63.8 Å². The Morgan fingerprint density at radius 2 is 0.950 bits per heavy atom. The van der Waals surface area contributed by atoms with E-state index in [4.69, 9.17) is 9.47 Å². The molecule has 4 nitrogen and oxygen atoms in total. The van der Waals surface area contributed by atoms with Crippen molar-refractivity contribution in [3.8, 4) is 0 Å². The monoisotopic (exact) mass is 278 g/mol. The van der Waals surface area contributed by atoms with Crippen LogP contribution in [0, 0.1) is 27.7 Å². The summed E-state index contributed by atoms with van der Waals surface area (Å²) in [7, 11) is 0. The van der Waals surface area contributed by atoms with Gasteiger partial charge in [-0.15, -0.1) is 0 Å². The number of carbonyl (C=O) groups is 2. The first-order valence-electron chi connectivity index (χ1n) is 6.81. The van der Waals surface area contributed by atoms with Crippen LogP contribution in [-0.2, 0) is 9.47 Å². The van der Waals surface area contributed by atoms with E-state index in [9.17, 15) is 9.59 Å². The van der Waals surface area contributed by atoms with Crippen LogP contribution in [0.4, 0.5) is 0 Å². The van der Waals surface area contributed by atoms with Gasteiger partial charge in [-0.1, -0.05) is 0 Å². The van der Waals surface area contributed by atoms with E-state index in [0.29, 0.717) is 24.3 Å². The minimum Gasteiger partial charge on any atom is -0.462 e. The van der Waals surface area contributed by atoms with Crippen molar-refractivity contribution in [2.45, 2.75) is 41.5 Å². The van der Waals surface area contributed by atoms with Crippen LogP contribution in [0.25, 0.3) is 0 Å². The molecular weight excluding hydrogens is 256 g/mol. The first-order valence-corrected chi connectivity index (χ1v) is 6.81. The summed E-state index contributed by atoms with van der Waals surface area (Å²) in [5, 5.41) is 0. The summed E-state index contributed by atoms with van der Waals surface area (Å²) in [6, 6.07) is 0. The standard InChI is InChI=1S/C16H22O4/c1-7-19-15(17)13-9(3)11(5)14(12(6)10(13)4)16(18)20-8-2/h7-8H2,1-6H3. The van der Waals surface area contributed by atoms with E-state index in [1.54, 1.807) is 13.8 Å². The lowest BCUT2D eigenvalue weighted by atomic mass is 9.89. The summed E-state index contributed by atoms with van der Waals surface area (Å²) in [4.78, 5) is 24.1. The average Bonchev–Trinajstić information content (AvgIpc) is 2.37. The largest absolute Gasteiger partial charge is 0.462 e. The molecule has 0 aliphatic carbocycles. The molecule has 0 heterocycles. The zero-order valence-electron chi connectivity index (χ0n) is 13.0. The third-order valence-electron chi connectivity index (χ3n) is 3.58. The molecule has 1 aromatic carbocycles. The van der Waals surface area contributed by atoms with Crippen LogP contribution in [0.2, 0.25) is 0 Å². The molecule has 0 aliphatic heterocycles. The molecule has 0 fully saturated rings. The van der Waals surface area contributed by atoms with Crippen LogP contribution < -0.4 is 0 Å². The Hall–Kier alpha value is -1.84. The third kappa shape index (κ3) is 2.84. The highest BCUT2D eigenvalue weighted by molar-refractivity contribution is 5.99. The number of ether oxygens (including phenoxy) is 2. The summed E-state index contributed by atoms with van der Waals surface area (Å²) < 4.78 is 10.2. The number of hydrogen-bond acceptors (Lipinski definition) is 4. The van der Waals surface area contributed by atoms with Crippen molar-refractivity contribution >= 4 is 11.9 Å². The molecule has 1 rings (SSSR count). The number of benzene rings is 1. The molecule has 0 saturated heterocycles. The number of rotatable bonds is 4. The summed E-state index contributed by atoms with van der Waals surface area (Å²) in [5.74, 6) is -0.687. The highest BCUT2D eigenvalue weighted by Crippen LogP contribution is 2.28. The lowest BCUT2D eigenvalue weighted by Crippen LogP contribution is -2.17. The van der Waals surface area contributed by atoms with Gasteiger partial charge in [0.25, 0.3) is 0 Å². The van der Waals surface area contributed by atoms with E-state index < -0.39 is 0 Å². The van der Waals surface area contributed by atoms with Crippen LogP contribution in [-0.4, -0.2) is 25.2 Å². The van der Waals surface area contributed by atoms with E-state index in [0.717, 1.165) is 22.3 Å². The van der Waals surface area contributed by atoms with Gasteiger partial charge in [-0.3, -0.25) is 0 Å². The van der Waals surface area contributed by atoms with Gasteiger partial charge in [0.05, 0.1) is 24.3 Å². The first-order chi connectivity index (χ1) is 9.36. The molecule has 0 unspecified atom stereocenters. The predicted octanol–water partition coefficient (Wildman–Crippen LogP) is 3.27. The van der Waals surface area contributed by atoms with Crippen LogP contribution >= 0.6 is 0 Å². The van der Waals surface area contributed by atoms with Crippen LogP contribution in [0.15, 0.2) is 0 Å². The topological polar surface area (TPSA) is 52.6 Å². The number of hydrogen-bond donors (Lipinski definition) is 0. The molecule has 0 saturated carbocycles. The van der Waals surface area contributed by atoms with E-state index in [-0.39, 0.29) is 11.9 Å². The van der Waals surface area contributed by atoms with Crippen molar-refractivity contribution in [3.05, 3.63) is 33.4 Å². The maximum atomic E-state index is 12.1. The van der Waals surface area contributed by atoms with Crippen molar-refractivity contribution in [2.75, 3.05) is 13.2 Å². The molecule has 20 heavy (non-hydrogen) atoms. The SMILES string of the molecule is CCOC(=O)c1c(C)c(C)c(C(=O)OCC)c(C)c1C. The van der Waals surface area contributed by atoms with Gasteiger partial charge in [0.1, 0.15) is 0 Å². The molecule has 0 aliphatic rings. The lowest BCUT2D eigenvalue weighted by Gasteiger charge is -2.18. The van der Waals surface area contributed by atoms with Crippen molar-refractivity contribution in [1.82, 2.24) is 0 Å². The molecule has 0 N–H and O–H groups in total. The molecule has 110 valence electrons. The number of carbonyl (C=O) groups excluding carboxylic acids is 2. The van der Waals surface area contributed by atoms with Crippen LogP contribution in [0.3, 0.4) is 0 Å². The fraction of sp³-hybridized carbons (Fsp3) is 0.500. The van der Waals surface area contributed by atoms with Crippen LogP contribution in [0.1, 0.15) is 56.8 Å². The quantitative estimate of drug-likeness (QED) is 0.793. The van der Waals surface area contributed by atoms with Crippen molar-refractivity contribution in [3.63, 3.8) is 0 Å². The summed E-state index contributed by atoms with van der Waals surface area (Å²) in [6.07, 6.45) is 0. The Labute approximate surface area is 120 Å². The summed E-state index contributed by atoms with van der Waals surface area (Å²) in [6.45, 7) is 11.5. The Morgan fingerprint density at radius 1 is 0.700 bits per heavy atom. The van der Waals surface area contributed by atoms with E-state index in [1.165, 1.54) is 0 Å². The molecule has 0 atom stereocenters.